The van der Waals surface area contributed by atoms with E-state index in [-0.39, 0.29) is 5.56 Å². The van der Waals surface area contributed by atoms with Gasteiger partial charge in [0.05, 0.1) is 5.39 Å². The number of thiophene rings is 1. The molecule has 128 valence electrons. The maximum atomic E-state index is 13.1. The summed E-state index contributed by atoms with van der Waals surface area (Å²) in [4.78, 5) is 18.8. The second-order valence-corrected chi connectivity index (χ2v) is 8.79. The summed E-state index contributed by atoms with van der Waals surface area (Å²) in [5.74, 6) is 0.717. The van der Waals surface area contributed by atoms with Crippen molar-refractivity contribution in [2.75, 3.05) is 0 Å². The molecule has 0 radical (unpaired) electrons. The van der Waals surface area contributed by atoms with Gasteiger partial charge in [-0.05, 0) is 75.1 Å². The smallest absolute Gasteiger partial charge is 0.263 e. The van der Waals surface area contributed by atoms with Gasteiger partial charge in [0.1, 0.15) is 4.83 Å². The van der Waals surface area contributed by atoms with E-state index >= 15 is 0 Å². The number of fused-ring (bicyclic) bond motifs is 3. The molecule has 1 atom stereocenters. The van der Waals surface area contributed by atoms with Gasteiger partial charge in [-0.15, -0.1) is 11.3 Å². The number of aryl methyl sites for hydroxylation is 1. The van der Waals surface area contributed by atoms with Crippen LogP contribution in [-0.2, 0) is 19.4 Å². The summed E-state index contributed by atoms with van der Waals surface area (Å²) < 4.78 is 2.37. The highest BCUT2D eigenvalue weighted by molar-refractivity contribution is 7.71. The van der Waals surface area contributed by atoms with Crippen molar-refractivity contribution < 1.29 is 0 Å². The second kappa shape index (κ2) is 6.60. The molecular weight excluding hydrogens is 336 g/mol. The van der Waals surface area contributed by atoms with Gasteiger partial charge in [0.25, 0.3) is 5.56 Å². The van der Waals surface area contributed by atoms with Crippen LogP contribution < -0.4 is 5.56 Å². The summed E-state index contributed by atoms with van der Waals surface area (Å²) in [5, 5.41) is 0.910. The van der Waals surface area contributed by atoms with Crippen LogP contribution in [0.2, 0.25) is 0 Å². The van der Waals surface area contributed by atoms with Crippen LogP contribution in [0.25, 0.3) is 10.2 Å². The van der Waals surface area contributed by atoms with Gasteiger partial charge < -0.3 is 4.98 Å². The van der Waals surface area contributed by atoms with E-state index < -0.39 is 0 Å². The van der Waals surface area contributed by atoms with E-state index in [4.69, 9.17) is 12.2 Å². The molecule has 0 aliphatic heterocycles. The quantitative estimate of drug-likeness (QED) is 0.608. The summed E-state index contributed by atoms with van der Waals surface area (Å²) in [6.45, 7) is 3.00. The van der Waals surface area contributed by atoms with Crippen LogP contribution in [0.15, 0.2) is 16.4 Å². The first-order chi connectivity index (χ1) is 11.6. The molecule has 0 unspecified atom stereocenters. The van der Waals surface area contributed by atoms with Gasteiger partial charge in [-0.3, -0.25) is 9.36 Å². The lowest BCUT2D eigenvalue weighted by Crippen LogP contribution is -2.23. The Morgan fingerprint density at radius 2 is 2.25 bits per heavy atom. The highest BCUT2D eigenvalue weighted by Gasteiger charge is 2.23. The third kappa shape index (κ3) is 2.93. The lowest BCUT2D eigenvalue weighted by Gasteiger charge is -2.17. The minimum Gasteiger partial charge on any atom is -0.323 e. The first-order valence-electron chi connectivity index (χ1n) is 9.08. The predicted octanol–water partition coefficient (Wildman–Crippen LogP) is 5.14. The highest BCUT2D eigenvalue weighted by atomic mass is 32.1. The van der Waals surface area contributed by atoms with Crippen LogP contribution in [0, 0.1) is 10.7 Å². The van der Waals surface area contributed by atoms with Crippen LogP contribution in [0.4, 0.5) is 0 Å². The van der Waals surface area contributed by atoms with Crippen molar-refractivity contribution in [1.82, 2.24) is 9.55 Å². The van der Waals surface area contributed by atoms with Crippen molar-refractivity contribution in [2.45, 2.75) is 64.8 Å². The van der Waals surface area contributed by atoms with Gasteiger partial charge >= 0.3 is 0 Å². The Morgan fingerprint density at radius 1 is 1.38 bits per heavy atom. The number of nitrogens with zero attached hydrogens (tertiary/aromatic N) is 1. The number of aromatic amines is 1. The Labute approximate surface area is 151 Å². The van der Waals surface area contributed by atoms with Gasteiger partial charge in [-0.1, -0.05) is 18.6 Å². The van der Waals surface area contributed by atoms with Crippen molar-refractivity contribution >= 4 is 33.8 Å². The summed E-state index contributed by atoms with van der Waals surface area (Å²) in [5.41, 5.74) is 2.90. The Balaban J connectivity index is 1.72. The molecule has 0 spiro atoms. The fourth-order valence-corrected chi connectivity index (χ4v) is 5.79. The topological polar surface area (TPSA) is 37.8 Å². The van der Waals surface area contributed by atoms with Gasteiger partial charge in [-0.25, -0.2) is 0 Å². The molecule has 2 aromatic rings. The van der Waals surface area contributed by atoms with Crippen LogP contribution >= 0.6 is 23.6 Å². The molecule has 2 aliphatic rings. The van der Waals surface area contributed by atoms with Crippen LogP contribution in [0.3, 0.4) is 0 Å². The van der Waals surface area contributed by atoms with Gasteiger partial charge in [0.2, 0.25) is 0 Å². The minimum atomic E-state index is 0.122. The lowest BCUT2D eigenvalue weighted by molar-refractivity contribution is 0.509. The van der Waals surface area contributed by atoms with Gasteiger partial charge in [0.15, 0.2) is 4.77 Å². The normalized spacial score (nSPS) is 20.9. The van der Waals surface area contributed by atoms with Gasteiger partial charge in [-0.2, -0.15) is 0 Å². The number of rotatable bonds is 3. The monoisotopic (exact) mass is 360 g/mol. The number of hydrogen-bond acceptors (Lipinski definition) is 3. The molecule has 2 heterocycles. The van der Waals surface area contributed by atoms with Gasteiger partial charge in [0, 0.05) is 11.4 Å². The molecule has 4 rings (SSSR count). The van der Waals surface area contributed by atoms with E-state index in [1.807, 2.05) is 0 Å². The summed E-state index contributed by atoms with van der Waals surface area (Å²) in [6, 6.07) is 0. The molecule has 3 nitrogen and oxygen atoms in total. The Morgan fingerprint density at radius 3 is 3.04 bits per heavy atom. The largest absolute Gasteiger partial charge is 0.323 e. The van der Waals surface area contributed by atoms with E-state index in [0.717, 1.165) is 29.5 Å². The Kier molecular flexibility index (Phi) is 4.48. The van der Waals surface area contributed by atoms with E-state index in [9.17, 15) is 4.79 Å². The zero-order chi connectivity index (χ0) is 16.7. The molecule has 0 saturated heterocycles. The molecule has 0 bridgehead atoms. The number of nitrogens with one attached hydrogen (secondary N) is 1. The average Bonchev–Trinajstić information content (AvgIpc) is 2.92. The molecule has 1 N–H and O–H groups in total. The molecule has 2 aliphatic carbocycles. The highest BCUT2D eigenvalue weighted by Crippen LogP contribution is 2.35. The van der Waals surface area contributed by atoms with Crippen molar-refractivity contribution in [3.05, 3.63) is 37.2 Å². The summed E-state index contributed by atoms with van der Waals surface area (Å²) >= 11 is 7.23. The first kappa shape index (κ1) is 16.3. The standard InChI is InChI=1S/C19H24N2OS2/c1-12-7-8-14-15(11-12)24-17-16(14)18(22)21(19(23)20-17)10-9-13-5-3-2-4-6-13/h5,12H,2-4,6-11H2,1H3,(H,20,23)/t12-/m0/s1. The van der Waals surface area contributed by atoms with Crippen LogP contribution in [0.1, 0.15) is 55.9 Å². The maximum absolute atomic E-state index is 13.1. The molecule has 0 saturated carbocycles. The number of allylic oxidation sites excluding steroid dienone is 2. The van der Waals surface area contributed by atoms with E-state index in [1.165, 1.54) is 48.1 Å². The fourth-order valence-electron chi connectivity index (χ4n) is 4.05. The van der Waals surface area contributed by atoms with Crippen LogP contribution in [0.5, 0.6) is 0 Å². The van der Waals surface area contributed by atoms with Crippen molar-refractivity contribution in [2.24, 2.45) is 5.92 Å². The number of H-pyrrole nitrogens is 1. The lowest BCUT2D eigenvalue weighted by atomic mass is 9.89. The van der Waals surface area contributed by atoms with E-state index in [2.05, 4.69) is 18.0 Å². The van der Waals surface area contributed by atoms with Crippen LogP contribution in [-0.4, -0.2) is 9.55 Å². The third-order valence-electron chi connectivity index (χ3n) is 5.48. The zero-order valence-electron chi connectivity index (χ0n) is 14.2. The fraction of sp³-hybridized carbons (Fsp3) is 0.579. The molecule has 0 aromatic carbocycles. The predicted molar refractivity (Wildman–Crippen MR) is 104 cm³/mol. The minimum absolute atomic E-state index is 0.122. The second-order valence-electron chi connectivity index (χ2n) is 7.30. The molecule has 24 heavy (non-hydrogen) atoms. The molecular formula is C19H24N2OS2. The SMILES string of the molecule is C[C@H]1CCc2c(sc3[nH]c(=S)n(CCC4=CCCCC4)c(=O)c23)C1. The average molecular weight is 361 g/mol. The third-order valence-corrected chi connectivity index (χ3v) is 6.97. The molecule has 0 amide bonds. The summed E-state index contributed by atoms with van der Waals surface area (Å²) in [7, 11) is 0. The number of hydrogen-bond donors (Lipinski definition) is 1. The first-order valence-corrected chi connectivity index (χ1v) is 10.3. The summed E-state index contributed by atoms with van der Waals surface area (Å²) in [6.07, 6.45) is 11.6. The van der Waals surface area contributed by atoms with E-state index in [1.54, 1.807) is 15.9 Å². The Bertz CT molecular complexity index is 916. The van der Waals surface area contributed by atoms with Crippen molar-refractivity contribution in [3.8, 4) is 0 Å². The molecule has 2 aromatic heterocycles. The molecule has 5 heteroatoms. The van der Waals surface area contributed by atoms with E-state index in [0.29, 0.717) is 17.2 Å². The van der Waals surface area contributed by atoms with Crippen molar-refractivity contribution in [1.29, 1.82) is 0 Å². The molecule has 0 fully saturated rings. The maximum Gasteiger partial charge on any atom is 0.263 e. The Hall–Kier alpha value is -1.20. The van der Waals surface area contributed by atoms with Crippen molar-refractivity contribution in [3.63, 3.8) is 0 Å². The number of aromatic nitrogens is 2. The zero-order valence-corrected chi connectivity index (χ0v) is 15.8.